The minimum Gasteiger partial charge on any atom is -1.00 e. The van der Waals surface area contributed by atoms with Gasteiger partial charge in [-0.05, 0) is 72.5 Å². The third-order valence-corrected chi connectivity index (χ3v) is 13.2. The van der Waals surface area contributed by atoms with Crippen LogP contribution in [-0.4, -0.2) is 27.3 Å². The summed E-state index contributed by atoms with van der Waals surface area (Å²) in [6.07, 6.45) is 6.64. The first-order chi connectivity index (χ1) is 21.1. The van der Waals surface area contributed by atoms with Gasteiger partial charge in [-0.1, -0.05) is 12.1 Å². The Morgan fingerprint density at radius 3 is 1.34 bits per heavy atom. The minimum atomic E-state index is -5.59. The number of nitrogens with zero attached hydrogens (tertiary/aromatic N) is 2. The van der Waals surface area contributed by atoms with Crippen molar-refractivity contribution in [1.82, 2.24) is 0 Å². The van der Waals surface area contributed by atoms with Crippen molar-refractivity contribution in [3.05, 3.63) is 119 Å². The fraction of sp³-hybridized carbons (Fsp3) is 0.257. The van der Waals surface area contributed by atoms with Crippen LogP contribution < -0.4 is 33.9 Å². The molecule has 4 heterocycles. The summed E-state index contributed by atoms with van der Waals surface area (Å²) in [5.41, 5.74) is 0.324. The molecule has 0 N–H and O–H groups in total. The summed E-state index contributed by atoms with van der Waals surface area (Å²) in [5.74, 6) is -15.7. The maximum absolute atomic E-state index is 15.8. The Hall–Kier alpha value is -2.92. The van der Waals surface area contributed by atoms with Crippen LogP contribution in [0.1, 0.15) is 25.0 Å². The second-order valence-corrected chi connectivity index (χ2v) is 15.3. The van der Waals surface area contributed by atoms with Crippen molar-refractivity contribution >= 4 is 55.1 Å². The van der Waals surface area contributed by atoms with E-state index in [-0.39, 0.29) is 36.0 Å². The first-order valence-electron chi connectivity index (χ1n) is 14.3. The molecule has 2 aliphatic carbocycles. The zero-order valence-corrected chi connectivity index (χ0v) is 28.5. The highest BCUT2D eigenvalue weighted by molar-refractivity contribution is 8.14. The average molecular weight is 724 g/mol. The van der Waals surface area contributed by atoms with Crippen LogP contribution in [0.2, 0.25) is 0 Å². The number of allylic oxidation sites excluding steroid dienone is 4. The van der Waals surface area contributed by atoms with Crippen molar-refractivity contribution in [2.24, 2.45) is 14.1 Å². The number of fused-ring (bicyclic) bond motifs is 6. The van der Waals surface area contributed by atoms with Crippen LogP contribution in [0.3, 0.4) is 0 Å². The number of hydrogen-bond acceptors (Lipinski definition) is 2. The number of hydrogen-bond donors (Lipinski definition) is 0. The fourth-order valence-electron chi connectivity index (χ4n) is 7.19. The van der Waals surface area contributed by atoms with E-state index >= 15 is 26.3 Å². The molecule has 0 spiro atoms. The van der Waals surface area contributed by atoms with E-state index in [1.165, 1.54) is 35.7 Å². The maximum Gasteiger partial charge on any atom is 0.380 e. The van der Waals surface area contributed by atoms with Gasteiger partial charge in [-0.25, -0.2) is 9.13 Å². The largest absolute Gasteiger partial charge is 1.00 e. The molecule has 12 heteroatoms. The van der Waals surface area contributed by atoms with Gasteiger partial charge in [0.05, 0.1) is 9.49 Å². The highest BCUT2D eigenvalue weighted by Crippen LogP contribution is 2.75. The summed E-state index contributed by atoms with van der Waals surface area (Å²) in [6, 6.07) is 19.0. The maximum atomic E-state index is 15.8. The normalized spacial score (nSPS) is 26.3. The molecule has 0 amide bonds. The van der Waals surface area contributed by atoms with E-state index in [2.05, 4.69) is 0 Å². The molecule has 2 aromatic heterocycles. The van der Waals surface area contributed by atoms with Crippen molar-refractivity contribution in [2.45, 2.75) is 41.1 Å². The van der Waals surface area contributed by atoms with Crippen molar-refractivity contribution < 1.29 is 60.3 Å². The lowest BCUT2D eigenvalue weighted by Crippen LogP contribution is -3.00. The molecule has 1 fully saturated rings. The lowest BCUT2D eigenvalue weighted by Gasteiger charge is -2.47. The summed E-state index contributed by atoms with van der Waals surface area (Å²) in [7, 11) is 3.77. The van der Waals surface area contributed by atoms with E-state index in [0.29, 0.717) is 20.9 Å². The van der Waals surface area contributed by atoms with Crippen molar-refractivity contribution in [2.75, 3.05) is 0 Å². The van der Waals surface area contributed by atoms with Crippen LogP contribution in [-0.2, 0) is 14.1 Å². The monoisotopic (exact) mass is 722 g/mol. The predicted octanol–water partition coefficient (Wildman–Crippen LogP) is 2.57. The summed E-state index contributed by atoms with van der Waals surface area (Å²) in [5, 5.41) is 1.92. The van der Waals surface area contributed by atoms with Gasteiger partial charge >= 0.3 is 17.8 Å². The van der Waals surface area contributed by atoms with Gasteiger partial charge in [-0.2, -0.15) is 26.3 Å². The summed E-state index contributed by atoms with van der Waals surface area (Å²) in [4.78, 5) is 1.13. The zero-order valence-electron chi connectivity index (χ0n) is 25.3. The number of rotatable bonds is 2. The van der Waals surface area contributed by atoms with E-state index < -0.39 is 38.4 Å². The molecule has 2 aliphatic heterocycles. The molecule has 1 saturated carbocycles. The van der Waals surface area contributed by atoms with Crippen LogP contribution in [0.25, 0.3) is 31.6 Å². The van der Waals surface area contributed by atoms with Crippen LogP contribution in [0.5, 0.6) is 0 Å². The zero-order chi connectivity index (χ0) is 31.9. The van der Waals surface area contributed by atoms with Gasteiger partial charge in [0.1, 0.15) is 14.1 Å². The van der Waals surface area contributed by atoms with Crippen LogP contribution in [0.15, 0.2) is 108 Å². The van der Waals surface area contributed by atoms with E-state index in [0.717, 1.165) is 21.8 Å². The number of aryl methyl sites for hydroxylation is 2. The Bertz CT molecular complexity index is 2020. The van der Waals surface area contributed by atoms with Gasteiger partial charge < -0.3 is 24.8 Å². The molecular weight excluding hydrogens is 697 g/mol. The Morgan fingerprint density at radius 1 is 0.574 bits per heavy atom. The molecule has 4 aliphatic rings. The van der Waals surface area contributed by atoms with Gasteiger partial charge in [0, 0.05) is 56.0 Å². The molecule has 47 heavy (non-hydrogen) atoms. The van der Waals surface area contributed by atoms with Crippen molar-refractivity contribution in [1.29, 1.82) is 0 Å². The topological polar surface area (TPSA) is 7.76 Å². The van der Waals surface area contributed by atoms with Gasteiger partial charge in [0.15, 0.2) is 12.4 Å². The smallest absolute Gasteiger partial charge is 0.380 e. The lowest BCUT2D eigenvalue weighted by molar-refractivity contribution is -0.645. The second kappa shape index (κ2) is 10.5. The summed E-state index contributed by atoms with van der Waals surface area (Å²) < 4.78 is 94.9. The molecule has 8 rings (SSSR count). The number of thioether (sulfide) groups is 2. The van der Waals surface area contributed by atoms with Gasteiger partial charge in [-0.3, -0.25) is 0 Å². The first kappa shape index (κ1) is 34.0. The highest BCUT2D eigenvalue weighted by atomic mass is 35.5. The van der Waals surface area contributed by atoms with Gasteiger partial charge in [-0.15, -0.1) is 23.5 Å². The second-order valence-electron chi connectivity index (χ2n) is 12.4. The Morgan fingerprint density at radius 2 is 0.957 bits per heavy atom. The van der Waals surface area contributed by atoms with E-state index in [1.54, 1.807) is 13.8 Å². The highest BCUT2D eigenvalue weighted by Gasteiger charge is 2.84. The van der Waals surface area contributed by atoms with Crippen LogP contribution in [0.4, 0.5) is 26.3 Å². The van der Waals surface area contributed by atoms with Crippen LogP contribution in [0, 0.1) is 0 Å². The lowest BCUT2D eigenvalue weighted by atomic mass is 9.71. The summed E-state index contributed by atoms with van der Waals surface area (Å²) >= 11 is 2.54. The molecular formula is C35H26Cl2F6N2S2. The minimum absolute atomic E-state index is 0. The third kappa shape index (κ3) is 4.17. The van der Waals surface area contributed by atoms with E-state index in [9.17, 15) is 0 Å². The number of halogens is 8. The Balaban J connectivity index is 0.00000193. The molecule has 2 nitrogen and oxygen atoms in total. The predicted molar refractivity (Wildman–Crippen MR) is 167 cm³/mol. The van der Waals surface area contributed by atoms with Crippen molar-refractivity contribution in [3.8, 4) is 0 Å². The average Bonchev–Trinajstić information content (AvgIpc) is 3.57. The number of alkyl halides is 6. The number of benzene rings is 2. The fourth-order valence-corrected chi connectivity index (χ4v) is 10.3. The standard InChI is InChI=1S/C35H26F6N2S2.2ClH/c1-31-23(17-27(44-31)21-11-9-19-7-5-13-42(3)25(19)15-21)29-30(34(38,39)35(40,41)33(29,36)37)24-18-28(45-32(24,31)2)22-12-10-20-8-6-14-43(4)26(20)16-22;;/h5-18H,1-4H3;2*1H/q+2;;/p-2. The molecule has 0 radical (unpaired) electrons. The molecule has 4 aromatic rings. The molecule has 244 valence electrons. The van der Waals surface area contributed by atoms with E-state index in [4.69, 9.17) is 0 Å². The Kier molecular flexibility index (Phi) is 7.61. The van der Waals surface area contributed by atoms with Crippen LogP contribution >= 0.6 is 23.5 Å². The first-order valence-corrected chi connectivity index (χ1v) is 16.0. The quantitative estimate of drug-likeness (QED) is 0.232. The summed E-state index contributed by atoms with van der Waals surface area (Å²) in [6.45, 7) is 3.44. The molecule has 2 unspecified atom stereocenters. The van der Waals surface area contributed by atoms with Crippen molar-refractivity contribution in [3.63, 3.8) is 0 Å². The van der Waals surface area contributed by atoms with Gasteiger partial charge in [0.2, 0.25) is 11.0 Å². The molecule has 2 aromatic carbocycles. The molecule has 2 atom stereocenters. The number of aromatic nitrogens is 2. The SMILES string of the molecule is C[n+]1cccc2ccc(C3=CC4=C5C(=C6C=C(c7ccc8ccc[n+](C)c8c7)SC6(C)C4(C)S3)C(F)(F)C(F)(F)C5(F)F)cc21.[Cl-].[Cl-]. The third-order valence-electron chi connectivity index (χ3n) is 9.88. The molecule has 0 saturated heterocycles. The van der Waals surface area contributed by atoms with E-state index in [1.807, 2.05) is 96.3 Å². The molecule has 0 bridgehead atoms. The number of pyridine rings is 2. The van der Waals surface area contributed by atoms with Gasteiger partial charge in [0.25, 0.3) is 0 Å². The Labute approximate surface area is 288 Å².